The number of hydrogen-bond donors (Lipinski definition) is 2. The summed E-state index contributed by atoms with van der Waals surface area (Å²) in [6.07, 6.45) is 3.83. The van der Waals surface area contributed by atoms with Gasteiger partial charge in [0, 0.05) is 30.9 Å². The molecule has 2 unspecified atom stereocenters. The molecule has 1 aliphatic heterocycles. The van der Waals surface area contributed by atoms with Crippen molar-refractivity contribution in [1.82, 2.24) is 15.1 Å². The minimum Gasteiger partial charge on any atom is -0.340 e. The van der Waals surface area contributed by atoms with Crippen LogP contribution in [0, 0.1) is 0 Å². The van der Waals surface area contributed by atoms with Gasteiger partial charge in [0.05, 0.1) is 0 Å². The summed E-state index contributed by atoms with van der Waals surface area (Å²) < 4.78 is 0. The normalized spacial score (nSPS) is 20.2. The number of piperidine rings is 1. The summed E-state index contributed by atoms with van der Waals surface area (Å²) in [5, 5.41) is 7.00. The first-order chi connectivity index (χ1) is 10.3. The molecule has 1 fully saturated rings. The molecule has 1 aromatic heterocycles. The summed E-state index contributed by atoms with van der Waals surface area (Å²) in [5.74, 6) is 0.332. The lowest BCUT2D eigenvalue weighted by Crippen LogP contribution is -2.43. The van der Waals surface area contributed by atoms with E-state index >= 15 is 0 Å². The fourth-order valence-corrected chi connectivity index (χ4v) is 2.92. The van der Waals surface area contributed by atoms with Crippen LogP contribution < -0.4 is 5.73 Å². The zero-order valence-corrected chi connectivity index (χ0v) is 11.9. The number of nitrogens with zero attached hydrogens (tertiary/aromatic N) is 2. The number of rotatable bonds is 3. The molecule has 2 atom stereocenters. The first-order valence-corrected chi connectivity index (χ1v) is 7.34. The summed E-state index contributed by atoms with van der Waals surface area (Å²) in [6, 6.07) is 11.0. The molecular formula is C16H20N4O. The van der Waals surface area contributed by atoms with Crippen molar-refractivity contribution in [3.05, 3.63) is 53.9 Å². The number of aromatic nitrogens is 2. The van der Waals surface area contributed by atoms with Gasteiger partial charge in [0.25, 0.3) is 0 Å². The van der Waals surface area contributed by atoms with E-state index in [1.807, 2.05) is 41.3 Å². The Morgan fingerprint density at radius 3 is 2.86 bits per heavy atom. The second-order valence-electron chi connectivity index (χ2n) is 5.52. The molecule has 3 N–H and O–H groups in total. The smallest absolute Gasteiger partial charge is 0.244 e. The lowest BCUT2D eigenvalue weighted by molar-refractivity contribution is -0.134. The Bertz CT molecular complexity index is 582. The van der Waals surface area contributed by atoms with Gasteiger partial charge in [0.15, 0.2) is 0 Å². The third-order valence-corrected chi connectivity index (χ3v) is 4.12. The molecule has 2 aromatic rings. The number of nitrogens with one attached hydrogen (secondary N) is 1. The average molecular weight is 284 g/mol. The summed E-state index contributed by atoms with van der Waals surface area (Å²) in [6.45, 7) is 1.49. The fraction of sp³-hybridized carbons (Fsp3) is 0.375. The van der Waals surface area contributed by atoms with Crippen LogP contribution in [0.2, 0.25) is 0 Å². The third-order valence-electron chi connectivity index (χ3n) is 4.12. The third kappa shape index (κ3) is 2.97. The van der Waals surface area contributed by atoms with Gasteiger partial charge >= 0.3 is 0 Å². The first-order valence-electron chi connectivity index (χ1n) is 7.34. The summed E-state index contributed by atoms with van der Waals surface area (Å²) >= 11 is 0. The second-order valence-corrected chi connectivity index (χ2v) is 5.52. The Labute approximate surface area is 124 Å². The van der Waals surface area contributed by atoms with Gasteiger partial charge in [0.1, 0.15) is 6.04 Å². The summed E-state index contributed by atoms with van der Waals surface area (Å²) in [4.78, 5) is 14.5. The molecule has 1 saturated heterocycles. The van der Waals surface area contributed by atoms with E-state index < -0.39 is 6.04 Å². The highest BCUT2D eigenvalue weighted by Gasteiger charge is 2.28. The van der Waals surface area contributed by atoms with E-state index in [1.54, 1.807) is 6.20 Å². The first kappa shape index (κ1) is 13.8. The number of carbonyl (C=O) groups excluding carboxylic acids is 1. The number of benzene rings is 1. The Morgan fingerprint density at radius 1 is 1.33 bits per heavy atom. The molecule has 0 bridgehead atoms. The van der Waals surface area contributed by atoms with Crippen molar-refractivity contribution in [2.24, 2.45) is 5.73 Å². The van der Waals surface area contributed by atoms with Crippen molar-refractivity contribution in [2.45, 2.75) is 24.8 Å². The van der Waals surface area contributed by atoms with Crippen LogP contribution in [0.4, 0.5) is 0 Å². The minimum atomic E-state index is -0.577. The molecule has 0 saturated carbocycles. The van der Waals surface area contributed by atoms with Gasteiger partial charge < -0.3 is 10.6 Å². The number of amides is 1. The fourth-order valence-electron chi connectivity index (χ4n) is 2.92. The molecule has 3 rings (SSSR count). The van der Waals surface area contributed by atoms with E-state index in [0.29, 0.717) is 12.5 Å². The summed E-state index contributed by atoms with van der Waals surface area (Å²) in [7, 11) is 0. The van der Waals surface area contributed by atoms with Crippen LogP contribution in [0.15, 0.2) is 42.6 Å². The highest BCUT2D eigenvalue weighted by atomic mass is 16.2. The highest BCUT2D eigenvalue weighted by molar-refractivity contribution is 5.83. The number of aromatic amines is 1. The van der Waals surface area contributed by atoms with Crippen molar-refractivity contribution < 1.29 is 4.79 Å². The number of likely N-dealkylation sites (tertiary alicyclic amines) is 1. The van der Waals surface area contributed by atoms with Gasteiger partial charge in [-0.05, 0) is 24.5 Å². The zero-order chi connectivity index (χ0) is 14.7. The molecule has 5 heteroatoms. The topological polar surface area (TPSA) is 75.0 Å². The molecule has 5 nitrogen and oxygen atoms in total. The Kier molecular flexibility index (Phi) is 4.01. The van der Waals surface area contributed by atoms with Crippen LogP contribution in [0.3, 0.4) is 0 Å². The van der Waals surface area contributed by atoms with Crippen molar-refractivity contribution >= 4 is 5.91 Å². The predicted molar refractivity (Wildman–Crippen MR) is 80.5 cm³/mol. The Hall–Kier alpha value is -2.14. The number of carbonyl (C=O) groups is 1. The van der Waals surface area contributed by atoms with Crippen LogP contribution in [0.1, 0.15) is 36.1 Å². The lowest BCUT2D eigenvalue weighted by atomic mass is 9.94. The molecular weight excluding hydrogens is 264 g/mol. The van der Waals surface area contributed by atoms with Gasteiger partial charge in [0.2, 0.25) is 5.91 Å². The van der Waals surface area contributed by atoms with Crippen LogP contribution in [-0.4, -0.2) is 34.1 Å². The van der Waals surface area contributed by atoms with Crippen molar-refractivity contribution in [3.63, 3.8) is 0 Å². The van der Waals surface area contributed by atoms with Crippen LogP contribution in [-0.2, 0) is 4.79 Å². The zero-order valence-electron chi connectivity index (χ0n) is 11.9. The largest absolute Gasteiger partial charge is 0.340 e. The Morgan fingerprint density at radius 2 is 2.14 bits per heavy atom. The van der Waals surface area contributed by atoms with E-state index in [1.165, 1.54) is 0 Å². The SMILES string of the molecule is NC(C(=O)N1CCCC(c2ccn[nH]2)C1)c1ccccc1. The second kappa shape index (κ2) is 6.10. The standard InChI is InChI=1S/C16H20N4O/c17-15(12-5-2-1-3-6-12)16(21)20-10-4-7-13(11-20)14-8-9-18-19-14/h1-3,5-6,8-9,13,15H,4,7,10-11,17H2,(H,18,19). The average Bonchev–Trinajstić information content (AvgIpc) is 3.09. The van der Waals surface area contributed by atoms with Gasteiger partial charge in [-0.1, -0.05) is 30.3 Å². The van der Waals surface area contributed by atoms with Crippen LogP contribution in [0.25, 0.3) is 0 Å². The summed E-state index contributed by atoms with van der Waals surface area (Å²) in [5.41, 5.74) is 8.09. The van der Waals surface area contributed by atoms with E-state index in [4.69, 9.17) is 5.73 Å². The molecule has 1 amide bonds. The molecule has 0 radical (unpaired) electrons. The molecule has 0 spiro atoms. The Balaban J connectivity index is 1.70. The van der Waals surface area contributed by atoms with Gasteiger partial charge in [-0.2, -0.15) is 5.10 Å². The van der Waals surface area contributed by atoms with Gasteiger partial charge in [-0.25, -0.2) is 0 Å². The van der Waals surface area contributed by atoms with Crippen molar-refractivity contribution in [2.75, 3.05) is 13.1 Å². The van der Waals surface area contributed by atoms with E-state index in [-0.39, 0.29) is 5.91 Å². The molecule has 110 valence electrons. The van der Waals surface area contributed by atoms with Crippen molar-refractivity contribution in [1.29, 1.82) is 0 Å². The van der Waals surface area contributed by atoms with Crippen molar-refractivity contribution in [3.8, 4) is 0 Å². The maximum Gasteiger partial charge on any atom is 0.244 e. The van der Waals surface area contributed by atoms with E-state index in [9.17, 15) is 4.79 Å². The molecule has 21 heavy (non-hydrogen) atoms. The predicted octanol–water partition coefficient (Wildman–Crippen LogP) is 1.82. The van der Waals surface area contributed by atoms with Gasteiger partial charge in [-0.15, -0.1) is 0 Å². The number of H-pyrrole nitrogens is 1. The minimum absolute atomic E-state index is 0.00501. The maximum absolute atomic E-state index is 12.6. The number of hydrogen-bond acceptors (Lipinski definition) is 3. The molecule has 0 aliphatic carbocycles. The molecule has 1 aromatic carbocycles. The number of nitrogens with two attached hydrogens (primary N) is 1. The van der Waals surface area contributed by atoms with E-state index in [2.05, 4.69) is 10.2 Å². The lowest BCUT2D eigenvalue weighted by Gasteiger charge is -2.33. The van der Waals surface area contributed by atoms with Gasteiger partial charge in [-0.3, -0.25) is 9.89 Å². The van der Waals surface area contributed by atoms with Crippen LogP contribution in [0.5, 0.6) is 0 Å². The highest BCUT2D eigenvalue weighted by Crippen LogP contribution is 2.26. The monoisotopic (exact) mass is 284 g/mol. The maximum atomic E-state index is 12.6. The molecule has 2 heterocycles. The quantitative estimate of drug-likeness (QED) is 0.902. The van der Waals surface area contributed by atoms with Crippen LogP contribution >= 0.6 is 0 Å². The van der Waals surface area contributed by atoms with E-state index in [0.717, 1.165) is 30.6 Å². The molecule has 1 aliphatic rings.